The fraction of sp³-hybridized carbons (Fsp3) is 0.400. The molecule has 130 valence electrons. The second-order valence-corrected chi connectivity index (χ2v) is 5.94. The zero-order valence-corrected chi connectivity index (χ0v) is 14.9. The summed E-state index contributed by atoms with van der Waals surface area (Å²) >= 11 is 0. The van der Waals surface area contributed by atoms with E-state index in [-0.39, 0.29) is 19.3 Å². The molecule has 0 saturated carbocycles. The monoisotopic (exact) mass is 329 g/mol. The van der Waals surface area contributed by atoms with Crippen molar-refractivity contribution in [2.24, 2.45) is 0 Å². The van der Waals surface area contributed by atoms with Crippen LogP contribution in [-0.2, 0) is 6.54 Å². The molecule has 0 aliphatic heterocycles. The average Bonchev–Trinajstić information content (AvgIpc) is 2.60. The molecule has 4 nitrogen and oxygen atoms in total. The summed E-state index contributed by atoms with van der Waals surface area (Å²) in [6.07, 6.45) is 0. The van der Waals surface area contributed by atoms with Crippen LogP contribution in [0.3, 0.4) is 0 Å². The van der Waals surface area contributed by atoms with E-state index in [0.29, 0.717) is 11.5 Å². The van der Waals surface area contributed by atoms with Crippen molar-refractivity contribution in [3.8, 4) is 11.5 Å². The first-order valence-corrected chi connectivity index (χ1v) is 8.27. The highest BCUT2D eigenvalue weighted by molar-refractivity contribution is 5.44. The van der Waals surface area contributed by atoms with E-state index < -0.39 is 0 Å². The zero-order valence-electron chi connectivity index (χ0n) is 14.9. The molecule has 0 radical (unpaired) electrons. The minimum atomic E-state index is -0.0152. The van der Waals surface area contributed by atoms with Gasteiger partial charge in [-0.3, -0.25) is 0 Å². The highest BCUT2D eigenvalue weighted by Crippen LogP contribution is 2.30. The second-order valence-electron chi connectivity index (χ2n) is 5.94. The predicted molar refractivity (Wildman–Crippen MR) is 96.7 cm³/mol. The predicted octanol–water partition coefficient (Wildman–Crippen LogP) is 3.53. The van der Waals surface area contributed by atoms with Crippen LogP contribution in [-0.4, -0.2) is 25.4 Å². The first-order valence-electron chi connectivity index (χ1n) is 8.27. The van der Waals surface area contributed by atoms with Crippen LogP contribution < -0.4 is 14.8 Å². The summed E-state index contributed by atoms with van der Waals surface area (Å²) < 4.78 is 10.9. The third kappa shape index (κ3) is 4.49. The Morgan fingerprint density at radius 2 is 1.92 bits per heavy atom. The SMILES string of the molecule is COc1cc(C(C)NCc2cccc(C)c2C)ccc1OCCO. The van der Waals surface area contributed by atoms with E-state index in [1.807, 2.05) is 18.2 Å². The second kappa shape index (κ2) is 8.71. The summed E-state index contributed by atoms with van der Waals surface area (Å²) in [5, 5.41) is 12.4. The van der Waals surface area contributed by atoms with Crippen molar-refractivity contribution in [3.05, 3.63) is 58.7 Å². The van der Waals surface area contributed by atoms with Gasteiger partial charge in [-0.1, -0.05) is 24.3 Å². The van der Waals surface area contributed by atoms with Gasteiger partial charge in [0.15, 0.2) is 11.5 Å². The normalized spacial score (nSPS) is 12.0. The number of rotatable bonds is 8. The Bertz CT molecular complexity index is 670. The number of nitrogens with one attached hydrogen (secondary N) is 1. The number of benzene rings is 2. The molecule has 0 fully saturated rings. The topological polar surface area (TPSA) is 50.7 Å². The van der Waals surface area contributed by atoms with Crippen molar-refractivity contribution in [3.63, 3.8) is 0 Å². The van der Waals surface area contributed by atoms with Gasteiger partial charge in [0.1, 0.15) is 6.61 Å². The van der Waals surface area contributed by atoms with Gasteiger partial charge in [0.25, 0.3) is 0 Å². The van der Waals surface area contributed by atoms with Gasteiger partial charge >= 0.3 is 0 Å². The van der Waals surface area contributed by atoms with Crippen LogP contribution >= 0.6 is 0 Å². The van der Waals surface area contributed by atoms with E-state index >= 15 is 0 Å². The number of hydrogen-bond acceptors (Lipinski definition) is 4. The minimum absolute atomic E-state index is 0.0152. The third-order valence-electron chi connectivity index (χ3n) is 4.35. The Hall–Kier alpha value is -2.04. The number of methoxy groups -OCH3 is 1. The maximum atomic E-state index is 8.88. The van der Waals surface area contributed by atoms with Gasteiger partial charge in [0.2, 0.25) is 0 Å². The number of aliphatic hydroxyl groups is 1. The molecule has 2 N–H and O–H groups in total. The van der Waals surface area contributed by atoms with Crippen LogP contribution in [0.2, 0.25) is 0 Å². The van der Waals surface area contributed by atoms with Gasteiger partial charge in [-0.05, 0) is 55.2 Å². The largest absolute Gasteiger partial charge is 0.493 e. The van der Waals surface area contributed by atoms with Gasteiger partial charge in [0, 0.05) is 12.6 Å². The van der Waals surface area contributed by atoms with Crippen LogP contribution in [0.4, 0.5) is 0 Å². The zero-order chi connectivity index (χ0) is 17.5. The molecule has 0 heterocycles. The number of hydrogen-bond donors (Lipinski definition) is 2. The van der Waals surface area contributed by atoms with E-state index in [4.69, 9.17) is 14.6 Å². The first kappa shape index (κ1) is 18.3. The number of ether oxygens (including phenoxy) is 2. The van der Waals surface area contributed by atoms with Gasteiger partial charge in [-0.2, -0.15) is 0 Å². The lowest BCUT2D eigenvalue weighted by Gasteiger charge is -2.18. The Balaban J connectivity index is 2.06. The lowest BCUT2D eigenvalue weighted by Crippen LogP contribution is -2.19. The maximum absolute atomic E-state index is 8.88. The molecule has 0 aromatic heterocycles. The molecule has 2 rings (SSSR count). The first-order chi connectivity index (χ1) is 11.6. The Kier molecular flexibility index (Phi) is 6.64. The van der Waals surface area contributed by atoms with Crippen LogP contribution in [0.1, 0.15) is 35.2 Å². The summed E-state index contributed by atoms with van der Waals surface area (Å²) in [6, 6.07) is 12.5. The summed E-state index contributed by atoms with van der Waals surface area (Å²) in [5.74, 6) is 1.33. The molecular formula is C20H27NO3. The van der Waals surface area contributed by atoms with Crippen LogP contribution in [0.25, 0.3) is 0 Å². The van der Waals surface area contributed by atoms with E-state index in [1.54, 1.807) is 7.11 Å². The van der Waals surface area contributed by atoms with E-state index in [2.05, 4.69) is 44.3 Å². The quantitative estimate of drug-likeness (QED) is 0.778. The fourth-order valence-electron chi connectivity index (χ4n) is 2.61. The van der Waals surface area contributed by atoms with E-state index in [0.717, 1.165) is 12.1 Å². The minimum Gasteiger partial charge on any atom is -0.493 e. The molecule has 0 amide bonds. The van der Waals surface area contributed by atoms with Gasteiger partial charge in [-0.25, -0.2) is 0 Å². The summed E-state index contributed by atoms with van der Waals surface area (Å²) in [5.41, 5.74) is 5.10. The Labute approximate surface area is 144 Å². The molecule has 1 atom stereocenters. The summed E-state index contributed by atoms with van der Waals surface area (Å²) in [6.45, 7) is 7.49. The van der Waals surface area contributed by atoms with Crippen molar-refractivity contribution in [2.75, 3.05) is 20.3 Å². The van der Waals surface area contributed by atoms with E-state index in [9.17, 15) is 0 Å². The standard InChI is InChI=1S/C20H27NO3/c1-14-6-5-7-18(15(14)2)13-21-16(3)17-8-9-19(24-11-10-22)20(12-17)23-4/h5-9,12,16,21-22H,10-11,13H2,1-4H3. The highest BCUT2D eigenvalue weighted by Gasteiger charge is 2.11. The smallest absolute Gasteiger partial charge is 0.161 e. The van der Waals surface area contributed by atoms with Gasteiger partial charge in [0.05, 0.1) is 13.7 Å². The van der Waals surface area contributed by atoms with Crippen molar-refractivity contribution in [1.82, 2.24) is 5.32 Å². The van der Waals surface area contributed by atoms with Gasteiger partial charge < -0.3 is 19.9 Å². The molecule has 2 aromatic carbocycles. The van der Waals surface area contributed by atoms with Crippen molar-refractivity contribution in [1.29, 1.82) is 0 Å². The molecule has 24 heavy (non-hydrogen) atoms. The molecule has 0 saturated heterocycles. The third-order valence-corrected chi connectivity index (χ3v) is 4.35. The average molecular weight is 329 g/mol. The van der Waals surface area contributed by atoms with Gasteiger partial charge in [-0.15, -0.1) is 0 Å². The molecular weight excluding hydrogens is 302 g/mol. The lowest BCUT2D eigenvalue weighted by atomic mass is 10.0. The summed E-state index contributed by atoms with van der Waals surface area (Å²) in [7, 11) is 1.62. The maximum Gasteiger partial charge on any atom is 0.161 e. The Morgan fingerprint density at radius 3 is 2.62 bits per heavy atom. The Morgan fingerprint density at radius 1 is 1.12 bits per heavy atom. The molecule has 4 heteroatoms. The number of aliphatic hydroxyl groups excluding tert-OH is 1. The molecule has 2 aromatic rings. The van der Waals surface area contributed by atoms with Crippen molar-refractivity contribution >= 4 is 0 Å². The van der Waals surface area contributed by atoms with Crippen molar-refractivity contribution < 1.29 is 14.6 Å². The van der Waals surface area contributed by atoms with Crippen LogP contribution in [0.5, 0.6) is 11.5 Å². The van der Waals surface area contributed by atoms with Crippen LogP contribution in [0.15, 0.2) is 36.4 Å². The summed E-state index contributed by atoms with van der Waals surface area (Å²) in [4.78, 5) is 0. The highest BCUT2D eigenvalue weighted by atomic mass is 16.5. The number of aryl methyl sites for hydroxylation is 1. The van der Waals surface area contributed by atoms with E-state index in [1.165, 1.54) is 16.7 Å². The molecule has 0 aliphatic carbocycles. The fourth-order valence-corrected chi connectivity index (χ4v) is 2.61. The van der Waals surface area contributed by atoms with Crippen LogP contribution in [0, 0.1) is 13.8 Å². The molecule has 0 aliphatic rings. The molecule has 1 unspecified atom stereocenters. The molecule has 0 spiro atoms. The lowest BCUT2D eigenvalue weighted by molar-refractivity contribution is 0.196. The van der Waals surface area contributed by atoms with Crippen molar-refractivity contribution in [2.45, 2.75) is 33.4 Å². The molecule has 0 bridgehead atoms.